The van der Waals surface area contributed by atoms with E-state index in [1.807, 2.05) is 10.9 Å². The lowest BCUT2D eigenvalue weighted by atomic mass is 10.3. The van der Waals surface area contributed by atoms with Crippen LogP contribution in [-0.4, -0.2) is 14.8 Å². The van der Waals surface area contributed by atoms with Crippen LogP contribution in [0.1, 0.15) is 25.5 Å². The van der Waals surface area contributed by atoms with E-state index in [4.69, 9.17) is 5.26 Å². The van der Waals surface area contributed by atoms with Crippen molar-refractivity contribution >= 4 is 11.5 Å². The summed E-state index contributed by atoms with van der Waals surface area (Å²) in [4.78, 5) is 4.13. The first kappa shape index (κ1) is 11.1. The van der Waals surface area contributed by atoms with Crippen molar-refractivity contribution in [3.8, 4) is 6.07 Å². The average Bonchev–Trinajstić information content (AvgIpc) is 2.78. The summed E-state index contributed by atoms with van der Waals surface area (Å²) in [6.07, 6.45) is 5.26. The van der Waals surface area contributed by atoms with Gasteiger partial charge < -0.3 is 5.32 Å². The number of rotatable bonds is 3. The van der Waals surface area contributed by atoms with Crippen LogP contribution in [0.15, 0.2) is 30.7 Å². The fraction of sp³-hybridized carbons (Fsp3) is 0.250. The van der Waals surface area contributed by atoms with Gasteiger partial charge in [0.2, 0.25) is 0 Å². The van der Waals surface area contributed by atoms with Gasteiger partial charge in [-0.3, -0.25) is 4.68 Å². The number of nitrogens with zero attached hydrogens (tertiary/aromatic N) is 4. The van der Waals surface area contributed by atoms with Crippen LogP contribution in [-0.2, 0) is 0 Å². The molecular weight excluding hydrogens is 214 g/mol. The first-order valence-electron chi connectivity index (χ1n) is 5.37. The van der Waals surface area contributed by atoms with Gasteiger partial charge in [-0.25, -0.2) is 4.98 Å². The summed E-state index contributed by atoms with van der Waals surface area (Å²) in [6.45, 7) is 4.11. The third-order valence-electron chi connectivity index (χ3n) is 2.32. The molecule has 0 saturated carbocycles. The van der Waals surface area contributed by atoms with Crippen LogP contribution >= 0.6 is 0 Å². The summed E-state index contributed by atoms with van der Waals surface area (Å²) in [5, 5.41) is 16.2. The molecule has 0 aromatic carbocycles. The molecule has 0 radical (unpaired) electrons. The molecule has 0 aliphatic heterocycles. The molecule has 0 aliphatic rings. The SMILES string of the molecule is CC(C)n1cc(Nc2ncccc2C#N)cn1. The van der Waals surface area contributed by atoms with Crippen LogP contribution in [0.3, 0.4) is 0 Å². The summed E-state index contributed by atoms with van der Waals surface area (Å²) in [6, 6.07) is 5.86. The number of nitrogens with one attached hydrogen (secondary N) is 1. The third-order valence-corrected chi connectivity index (χ3v) is 2.32. The Balaban J connectivity index is 2.23. The topological polar surface area (TPSA) is 66.5 Å². The minimum Gasteiger partial charge on any atom is -0.337 e. The zero-order chi connectivity index (χ0) is 12.3. The van der Waals surface area contributed by atoms with E-state index >= 15 is 0 Å². The second kappa shape index (κ2) is 4.66. The Morgan fingerprint density at radius 1 is 1.47 bits per heavy atom. The molecule has 5 heteroatoms. The minimum atomic E-state index is 0.310. The average molecular weight is 227 g/mol. The van der Waals surface area contributed by atoms with E-state index in [1.54, 1.807) is 24.5 Å². The molecule has 0 amide bonds. The fourth-order valence-electron chi connectivity index (χ4n) is 1.42. The molecule has 17 heavy (non-hydrogen) atoms. The first-order chi connectivity index (χ1) is 8.20. The normalized spacial score (nSPS) is 10.2. The highest BCUT2D eigenvalue weighted by Crippen LogP contribution is 2.18. The molecule has 0 atom stereocenters. The van der Waals surface area contributed by atoms with E-state index in [0.717, 1.165) is 5.69 Å². The summed E-state index contributed by atoms with van der Waals surface area (Å²) in [5.74, 6) is 0.554. The van der Waals surface area contributed by atoms with Crippen molar-refractivity contribution in [2.75, 3.05) is 5.32 Å². The molecule has 5 nitrogen and oxygen atoms in total. The van der Waals surface area contributed by atoms with Crippen molar-refractivity contribution in [3.63, 3.8) is 0 Å². The van der Waals surface area contributed by atoms with Crippen molar-refractivity contribution < 1.29 is 0 Å². The number of aromatic nitrogens is 3. The van der Waals surface area contributed by atoms with Crippen LogP contribution in [0, 0.1) is 11.3 Å². The number of hydrogen-bond acceptors (Lipinski definition) is 4. The fourth-order valence-corrected chi connectivity index (χ4v) is 1.42. The Morgan fingerprint density at radius 3 is 2.94 bits per heavy atom. The van der Waals surface area contributed by atoms with Gasteiger partial charge in [0.25, 0.3) is 0 Å². The van der Waals surface area contributed by atoms with E-state index in [1.165, 1.54) is 0 Å². The molecule has 2 aromatic rings. The first-order valence-corrected chi connectivity index (χ1v) is 5.37. The van der Waals surface area contributed by atoms with E-state index in [9.17, 15) is 0 Å². The molecule has 0 spiro atoms. The molecular formula is C12H13N5. The second-order valence-electron chi connectivity index (χ2n) is 3.94. The summed E-state index contributed by atoms with van der Waals surface area (Å²) in [7, 11) is 0. The quantitative estimate of drug-likeness (QED) is 0.874. The standard InChI is InChI=1S/C12H13N5/c1-9(2)17-8-11(7-15-17)16-12-10(6-13)4-3-5-14-12/h3-5,7-9H,1-2H3,(H,14,16). The third kappa shape index (κ3) is 2.42. The van der Waals surface area contributed by atoms with Gasteiger partial charge in [0.05, 0.1) is 17.4 Å². The molecule has 0 saturated heterocycles. The Kier molecular flexibility index (Phi) is 3.06. The predicted molar refractivity (Wildman–Crippen MR) is 64.8 cm³/mol. The van der Waals surface area contributed by atoms with Gasteiger partial charge in [0.15, 0.2) is 0 Å². The van der Waals surface area contributed by atoms with Gasteiger partial charge in [-0.1, -0.05) is 0 Å². The van der Waals surface area contributed by atoms with Crippen molar-refractivity contribution in [2.24, 2.45) is 0 Å². The summed E-state index contributed by atoms with van der Waals surface area (Å²) < 4.78 is 1.84. The molecule has 0 unspecified atom stereocenters. The van der Waals surface area contributed by atoms with Gasteiger partial charge in [-0.05, 0) is 26.0 Å². The Bertz CT molecular complexity index is 550. The molecule has 86 valence electrons. The van der Waals surface area contributed by atoms with Gasteiger partial charge in [-0.15, -0.1) is 0 Å². The zero-order valence-corrected chi connectivity index (χ0v) is 9.75. The highest BCUT2D eigenvalue weighted by molar-refractivity contribution is 5.61. The summed E-state index contributed by atoms with van der Waals surface area (Å²) in [5.41, 5.74) is 1.35. The lowest BCUT2D eigenvalue weighted by molar-refractivity contribution is 0.532. The highest BCUT2D eigenvalue weighted by atomic mass is 15.3. The molecule has 2 heterocycles. The largest absolute Gasteiger partial charge is 0.337 e. The zero-order valence-electron chi connectivity index (χ0n) is 9.75. The molecule has 0 fully saturated rings. The number of anilines is 2. The number of pyridine rings is 1. The predicted octanol–water partition coefficient (Wildman–Crippen LogP) is 2.47. The maximum absolute atomic E-state index is 8.94. The van der Waals surface area contributed by atoms with Crippen molar-refractivity contribution in [1.29, 1.82) is 5.26 Å². The Labute approximate surface area is 99.7 Å². The molecule has 1 N–H and O–H groups in total. The Morgan fingerprint density at radius 2 is 2.29 bits per heavy atom. The van der Waals surface area contributed by atoms with E-state index in [-0.39, 0.29) is 0 Å². The number of nitriles is 1. The van der Waals surface area contributed by atoms with Crippen molar-refractivity contribution in [3.05, 3.63) is 36.3 Å². The monoisotopic (exact) mass is 227 g/mol. The van der Waals surface area contributed by atoms with Crippen LogP contribution in [0.25, 0.3) is 0 Å². The number of hydrogen-bond donors (Lipinski definition) is 1. The van der Waals surface area contributed by atoms with Crippen molar-refractivity contribution in [1.82, 2.24) is 14.8 Å². The molecule has 2 aromatic heterocycles. The van der Waals surface area contributed by atoms with Crippen LogP contribution in [0.5, 0.6) is 0 Å². The lowest BCUT2D eigenvalue weighted by Gasteiger charge is -2.05. The van der Waals surface area contributed by atoms with Crippen LogP contribution in [0.4, 0.5) is 11.5 Å². The van der Waals surface area contributed by atoms with E-state index in [0.29, 0.717) is 17.4 Å². The van der Waals surface area contributed by atoms with Crippen LogP contribution < -0.4 is 5.32 Å². The van der Waals surface area contributed by atoms with Crippen molar-refractivity contribution in [2.45, 2.75) is 19.9 Å². The van der Waals surface area contributed by atoms with Gasteiger partial charge in [-0.2, -0.15) is 10.4 Å². The van der Waals surface area contributed by atoms with E-state index < -0.39 is 0 Å². The van der Waals surface area contributed by atoms with Crippen LogP contribution in [0.2, 0.25) is 0 Å². The molecule has 0 bridgehead atoms. The van der Waals surface area contributed by atoms with Gasteiger partial charge >= 0.3 is 0 Å². The second-order valence-corrected chi connectivity index (χ2v) is 3.94. The van der Waals surface area contributed by atoms with E-state index in [2.05, 4.69) is 35.3 Å². The van der Waals surface area contributed by atoms with Gasteiger partial charge in [0.1, 0.15) is 11.9 Å². The van der Waals surface area contributed by atoms with Gasteiger partial charge in [0, 0.05) is 18.4 Å². The molecule has 2 rings (SSSR count). The highest BCUT2D eigenvalue weighted by Gasteiger charge is 2.05. The Hall–Kier alpha value is -2.35. The molecule has 0 aliphatic carbocycles. The summed E-state index contributed by atoms with van der Waals surface area (Å²) >= 11 is 0. The maximum atomic E-state index is 8.94. The minimum absolute atomic E-state index is 0.310. The smallest absolute Gasteiger partial charge is 0.148 e. The maximum Gasteiger partial charge on any atom is 0.148 e. The lowest BCUT2D eigenvalue weighted by Crippen LogP contribution is -2.00.